The molecule has 1 aliphatic carbocycles. The van der Waals surface area contributed by atoms with Crippen LogP contribution in [0.2, 0.25) is 0 Å². The van der Waals surface area contributed by atoms with E-state index in [1.807, 2.05) is 6.92 Å². The minimum Gasteiger partial charge on any atom is -0.271 e. The van der Waals surface area contributed by atoms with E-state index in [2.05, 4.69) is 47.6 Å². The monoisotopic (exact) mass is 242 g/mol. The maximum Gasteiger partial charge on any atom is 0.0416 e. The third kappa shape index (κ3) is 2.43. The molecule has 1 aromatic rings. The summed E-state index contributed by atoms with van der Waals surface area (Å²) >= 11 is 0. The molecular formula is C16H22N2. The van der Waals surface area contributed by atoms with Crippen LogP contribution in [0.4, 0.5) is 0 Å². The molecule has 0 spiro atoms. The lowest BCUT2D eigenvalue weighted by atomic mass is 9.72. The zero-order valence-electron chi connectivity index (χ0n) is 11.1. The lowest BCUT2D eigenvalue weighted by Crippen LogP contribution is -2.49. The van der Waals surface area contributed by atoms with Gasteiger partial charge < -0.3 is 0 Å². The number of hydrazine groups is 1. The summed E-state index contributed by atoms with van der Waals surface area (Å²) in [6.07, 6.45) is 5.80. The van der Waals surface area contributed by atoms with Crippen LogP contribution in [-0.4, -0.2) is 6.04 Å². The van der Waals surface area contributed by atoms with Gasteiger partial charge in [-0.1, -0.05) is 43.2 Å². The van der Waals surface area contributed by atoms with Crippen LogP contribution in [-0.2, 0) is 5.41 Å². The Balaban J connectivity index is 2.33. The highest BCUT2D eigenvalue weighted by Crippen LogP contribution is 2.44. The van der Waals surface area contributed by atoms with E-state index in [1.165, 1.54) is 31.2 Å². The summed E-state index contributed by atoms with van der Waals surface area (Å²) in [4.78, 5) is 0. The SMILES string of the molecule is CC#CCC(NN)C1(c2ccccc2)CCCC1. The van der Waals surface area contributed by atoms with Crippen molar-refractivity contribution in [1.82, 2.24) is 5.43 Å². The standard InChI is InChI=1S/C16H22N2/c1-2-3-11-15(18-17)16(12-7-8-13-16)14-9-5-4-6-10-14/h4-6,9-10,15,18H,7-8,11-13,17H2,1H3. The lowest BCUT2D eigenvalue weighted by Gasteiger charge is -2.37. The zero-order chi connectivity index (χ0) is 12.8. The van der Waals surface area contributed by atoms with Gasteiger partial charge in [0.1, 0.15) is 0 Å². The van der Waals surface area contributed by atoms with Gasteiger partial charge in [0.25, 0.3) is 0 Å². The number of rotatable bonds is 4. The highest BCUT2D eigenvalue weighted by atomic mass is 15.2. The van der Waals surface area contributed by atoms with Crippen molar-refractivity contribution in [3.63, 3.8) is 0 Å². The van der Waals surface area contributed by atoms with Crippen molar-refractivity contribution in [1.29, 1.82) is 0 Å². The van der Waals surface area contributed by atoms with Crippen LogP contribution >= 0.6 is 0 Å². The van der Waals surface area contributed by atoms with Crippen molar-refractivity contribution in [3.8, 4) is 11.8 Å². The predicted molar refractivity (Wildman–Crippen MR) is 75.8 cm³/mol. The van der Waals surface area contributed by atoms with E-state index >= 15 is 0 Å². The van der Waals surface area contributed by atoms with Crippen molar-refractivity contribution in [2.45, 2.75) is 50.5 Å². The smallest absolute Gasteiger partial charge is 0.0416 e. The molecule has 1 unspecified atom stereocenters. The van der Waals surface area contributed by atoms with E-state index in [0.29, 0.717) is 0 Å². The number of nitrogens with two attached hydrogens (primary N) is 1. The molecule has 2 nitrogen and oxygen atoms in total. The quantitative estimate of drug-likeness (QED) is 0.484. The molecule has 0 radical (unpaired) electrons. The molecule has 0 aliphatic heterocycles. The lowest BCUT2D eigenvalue weighted by molar-refractivity contribution is 0.302. The first-order valence-corrected chi connectivity index (χ1v) is 6.75. The summed E-state index contributed by atoms with van der Waals surface area (Å²) in [5, 5.41) is 0. The summed E-state index contributed by atoms with van der Waals surface area (Å²) < 4.78 is 0. The third-order valence-electron chi connectivity index (χ3n) is 4.20. The van der Waals surface area contributed by atoms with Crippen LogP contribution in [0.25, 0.3) is 0 Å². The maximum absolute atomic E-state index is 5.80. The van der Waals surface area contributed by atoms with E-state index in [0.717, 1.165) is 6.42 Å². The number of benzene rings is 1. The molecule has 0 heterocycles. The van der Waals surface area contributed by atoms with Crippen LogP contribution in [0, 0.1) is 11.8 Å². The Labute approximate surface area is 110 Å². The van der Waals surface area contributed by atoms with Crippen molar-refractivity contribution >= 4 is 0 Å². The number of hydrogen-bond acceptors (Lipinski definition) is 2. The van der Waals surface area contributed by atoms with Gasteiger partial charge in [-0.15, -0.1) is 11.8 Å². The summed E-state index contributed by atoms with van der Waals surface area (Å²) in [6, 6.07) is 11.0. The minimum atomic E-state index is 0.167. The molecule has 18 heavy (non-hydrogen) atoms. The van der Waals surface area contributed by atoms with Gasteiger partial charge in [0.05, 0.1) is 0 Å². The van der Waals surface area contributed by atoms with Gasteiger partial charge in [-0.2, -0.15) is 0 Å². The molecule has 3 N–H and O–H groups in total. The second-order valence-corrected chi connectivity index (χ2v) is 5.08. The van der Waals surface area contributed by atoms with Gasteiger partial charge in [0.2, 0.25) is 0 Å². The second-order valence-electron chi connectivity index (χ2n) is 5.08. The molecular weight excluding hydrogens is 220 g/mol. The molecule has 2 heteroatoms. The first-order valence-electron chi connectivity index (χ1n) is 6.75. The third-order valence-corrected chi connectivity index (χ3v) is 4.20. The average Bonchev–Trinajstić information content (AvgIpc) is 2.91. The highest BCUT2D eigenvalue weighted by Gasteiger charge is 2.41. The Morgan fingerprint density at radius 3 is 2.50 bits per heavy atom. The molecule has 0 amide bonds. The fourth-order valence-electron chi connectivity index (χ4n) is 3.23. The van der Waals surface area contributed by atoms with Gasteiger partial charge in [0.15, 0.2) is 0 Å². The molecule has 0 bridgehead atoms. The van der Waals surface area contributed by atoms with Crippen molar-refractivity contribution < 1.29 is 0 Å². The molecule has 1 atom stereocenters. The second kappa shape index (κ2) is 6.04. The fourth-order valence-corrected chi connectivity index (χ4v) is 3.23. The number of nitrogens with one attached hydrogen (secondary N) is 1. The maximum atomic E-state index is 5.80. The Bertz CT molecular complexity index is 421. The first kappa shape index (κ1) is 13.1. The van der Waals surface area contributed by atoms with Gasteiger partial charge in [-0.3, -0.25) is 11.3 Å². The molecule has 1 aliphatic rings. The van der Waals surface area contributed by atoms with Crippen LogP contribution in [0.1, 0.15) is 44.6 Å². The Hall–Kier alpha value is -1.30. The molecule has 1 saturated carbocycles. The zero-order valence-corrected chi connectivity index (χ0v) is 11.1. The first-order chi connectivity index (χ1) is 8.83. The summed E-state index contributed by atoms with van der Waals surface area (Å²) in [5.74, 6) is 12.0. The van der Waals surface area contributed by atoms with Crippen LogP contribution in [0.3, 0.4) is 0 Å². The van der Waals surface area contributed by atoms with Gasteiger partial charge >= 0.3 is 0 Å². The fraction of sp³-hybridized carbons (Fsp3) is 0.500. The van der Waals surface area contributed by atoms with Crippen LogP contribution < -0.4 is 11.3 Å². The van der Waals surface area contributed by atoms with E-state index in [-0.39, 0.29) is 11.5 Å². The van der Waals surface area contributed by atoms with Crippen LogP contribution in [0.15, 0.2) is 30.3 Å². The molecule has 1 aromatic carbocycles. The van der Waals surface area contributed by atoms with Gasteiger partial charge in [0, 0.05) is 17.9 Å². The average molecular weight is 242 g/mol. The van der Waals surface area contributed by atoms with E-state index in [9.17, 15) is 0 Å². The predicted octanol–water partition coefficient (Wildman–Crippen LogP) is 2.74. The van der Waals surface area contributed by atoms with E-state index in [4.69, 9.17) is 5.84 Å². The van der Waals surface area contributed by atoms with Gasteiger partial charge in [-0.05, 0) is 25.3 Å². The highest BCUT2D eigenvalue weighted by molar-refractivity contribution is 5.30. The molecule has 1 fully saturated rings. The number of hydrogen-bond donors (Lipinski definition) is 2. The van der Waals surface area contributed by atoms with Crippen LogP contribution in [0.5, 0.6) is 0 Å². The summed E-state index contributed by atoms with van der Waals surface area (Å²) in [7, 11) is 0. The van der Waals surface area contributed by atoms with Crippen molar-refractivity contribution in [2.24, 2.45) is 5.84 Å². The Morgan fingerprint density at radius 2 is 1.94 bits per heavy atom. The van der Waals surface area contributed by atoms with Crippen molar-refractivity contribution in [3.05, 3.63) is 35.9 Å². The minimum absolute atomic E-state index is 0.167. The van der Waals surface area contributed by atoms with Crippen molar-refractivity contribution in [2.75, 3.05) is 0 Å². The Morgan fingerprint density at radius 1 is 1.28 bits per heavy atom. The molecule has 96 valence electrons. The molecule has 0 aromatic heterocycles. The topological polar surface area (TPSA) is 38.0 Å². The Kier molecular flexibility index (Phi) is 4.41. The summed E-state index contributed by atoms with van der Waals surface area (Å²) in [5.41, 5.74) is 4.59. The van der Waals surface area contributed by atoms with E-state index < -0.39 is 0 Å². The van der Waals surface area contributed by atoms with E-state index in [1.54, 1.807) is 0 Å². The normalized spacial score (nSPS) is 19.0. The van der Waals surface area contributed by atoms with Gasteiger partial charge in [-0.25, -0.2) is 0 Å². The largest absolute Gasteiger partial charge is 0.271 e. The molecule has 0 saturated heterocycles. The summed E-state index contributed by atoms with van der Waals surface area (Å²) in [6.45, 7) is 1.89. The molecule has 2 rings (SSSR count).